The Kier molecular flexibility index (Phi) is 8.31. The molecule has 0 saturated carbocycles. The van der Waals surface area contributed by atoms with Crippen molar-refractivity contribution in [3.8, 4) is 11.6 Å². The fourth-order valence-electron chi connectivity index (χ4n) is 3.65. The van der Waals surface area contributed by atoms with Crippen LogP contribution in [0.1, 0.15) is 36.8 Å². The minimum absolute atomic E-state index is 0.0726. The third-order valence-corrected chi connectivity index (χ3v) is 5.19. The average Bonchev–Trinajstić information content (AvgIpc) is 3.33. The normalized spacial score (nSPS) is 15.9. The maximum absolute atomic E-state index is 13.0. The average molecular weight is 470 g/mol. The van der Waals surface area contributed by atoms with E-state index < -0.39 is 11.8 Å². The summed E-state index contributed by atoms with van der Waals surface area (Å²) in [5.74, 6) is -0.672. The quantitative estimate of drug-likeness (QED) is 0.600. The molecule has 1 atom stereocenters. The summed E-state index contributed by atoms with van der Waals surface area (Å²) < 4.78 is 19.8. The first kappa shape index (κ1) is 24.8. The zero-order valence-corrected chi connectivity index (χ0v) is 19.4. The van der Waals surface area contributed by atoms with Gasteiger partial charge in [0.2, 0.25) is 5.88 Å². The van der Waals surface area contributed by atoms with E-state index in [4.69, 9.17) is 9.84 Å². The molecule has 1 unspecified atom stereocenters. The molecule has 10 heteroatoms. The number of amides is 1. The molecule has 1 saturated heterocycles. The lowest BCUT2D eigenvalue weighted by molar-refractivity contribution is 0.0689. The van der Waals surface area contributed by atoms with Crippen LogP contribution in [0.2, 0.25) is 0 Å². The lowest BCUT2D eigenvalue weighted by Crippen LogP contribution is -2.54. The number of piperazine rings is 1. The molecule has 9 nitrogen and oxygen atoms in total. The maximum atomic E-state index is 13.0. The van der Waals surface area contributed by atoms with Gasteiger partial charge in [-0.25, -0.2) is 19.0 Å². The zero-order valence-electron chi connectivity index (χ0n) is 19.4. The number of nitrogens with zero attached hydrogens (tertiary/aromatic N) is 5. The van der Waals surface area contributed by atoms with Gasteiger partial charge in [-0.3, -0.25) is 4.90 Å². The van der Waals surface area contributed by atoms with Crippen molar-refractivity contribution in [3.05, 3.63) is 71.9 Å². The maximum Gasteiger partial charge on any atom is 0.356 e. The first-order valence-corrected chi connectivity index (χ1v) is 11.1. The number of aromatic nitrogens is 3. The van der Waals surface area contributed by atoms with Crippen LogP contribution in [0.4, 0.5) is 9.18 Å². The summed E-state index contributed by atoms with van der Waals surface area (Å²) in [6.07, 6.45) is 2.47. The third kappa shape index (κ3) is 6.16. The minimum Gasteiger partial charge on any atom is -0.476 e. The van der Waals surface area contributed by atoms with Crippen LogP contribution >= 0.6 is 0 Å². The van der Waals surface area contributed by atoms with E-state index in [0.29, 0.717) is 37.8 Å². The molecule has 3 heterocycles. The molecular weight excluding hydrogens is 441 g/mol. The van der Waals surface area contributed by atoms with Gasteiger partial charge in [0.25, 0.3) is 0 Å². The number of aromatic carboxylic acids is 1. The molecule has 0 radical (unpaired) electrons. The Morgan fingerprint density at radius 2 is 1.97 bits per heavy atom. The largest absolute Gasteiger partial charge is 0.476 e. The molecule has 1 aliphatic heterocycles. The van der Waals surface area contributed by atoms with Gasteiger partial charge in [0.1, 0.15) is 11.6 Å². The standard InChI is InChI=1S/C22H22FN5O4.C2H6/c1-15-13-26(9-10-27(15)22(31)28-8-7-19(25-28)21(29)30)14-16-3-2-4-18(11-16)32-20-6-5-17(23)12-24-20;1-2/h2-8,11-12,15H,9-10,13-14H2,1H3,(H,29,30);1-2H3. The van der Waals surface area contributed by atoms with E-state index in [0.717, 1.165) is 16.4 Å². The smallest absolute Gasteiger partial charge is 0.356 e. The van der Waals surface area contributed by atoms with Gasteiger partial charge in [0, 0.05) is 44.5 Å². The van der Waals surface area contributed by atoms with Gasteiger partial charge < -0.3 is 14.7 Å². The second kappa shape index (κ2) is 11.4. The van der Waals surface area contributed by atoms with Crippen molar-refractivity contribution in [1.82, 2.24) is 24.6 Å². The fraction of sp³-hybridized carbons (Fsp3) is 0.333. The highest BCUT2D eigenvalue weighted by atomic mass is 19.1. The second-order valence-corrected chi connectivity index (χ2v) is 7.57. The van der Waals surface area contributed by atoms with E-state index in [1.54, 1.807) is 4.90 Å². The predicted molar refractivity (Wildman–Crippen MR) is 123 cm³/mol. The monoisotopic (exact) mass is 469 g/mol. The fourth-order valence-corrected chi connectivity index (χ4v) is 3.65. The van der Waals surface area contributed by atoms with Crippen LogP contribution in [0.5, 0.6) is 11.6 Å². The van der Waals surface area contributed by atoms with Gasteiger partial charge in [-0.05, 0) is 36.8 Å². The summed E-state index contributed by atoms with van der Waals surface area (Å²) in [6, 6.07) is 11.2. The van der Waals surface area contributed by atoms with Crippen molar-refractivity contribution in [2.24, 2.45) is 0 Å². The number of rotatable bonds is 5. The second-order valence-electron chi connectivity index (χ2n) is 7.57. The molecule has 1 aromatic carbocycles. The molecular formula is C24H28FN5O4. The van der Waals surface area contributed by atoms with Crippen molar-refractivity contribution < 1.29 is 23.8 Å². The molecule has 1 fully saturated rings. The lowest BCUT2D eigenvalue weighted by Gasteiger charge is -2.39. The topological polar surface area (TPSA) is 101 Å². The molecule has 0 aliphatic carbocycles. The number of hydrogen-bond donors (Lipinski definition) is 1. The Morgan fingerprint density at radius 3 is 2.62 bits per heavy atom. The van der Waals surface area contributed by atoms with Crippen molar-refractivity contribution in [3.63, 3.8) is 0 Å². The number of carboxylic acids is 1. The van der Waals surface area contributed by atoms with E-state index >= 15 is 0 Å². The SMILES string of the molecule is CC.CC1CN(Cc2cccc(Oc3ccc(F)cn3)c2)CCN1C(=O)n1ccc(C(=O)O)n1. The van der Waals surface area contributed by atoms with Crippen molar-refractivity contribution >= 4 is 12.0 Å². The number of carboxylic acid groups (broad SMARTS) is 1. The van der Waals surface area contributed by atoms with Gasteiger partial charge in [-0.2, -0.15) is 9.78 Å². The van der Waals surface area contributed by atoms with Crippen LogP contribution in [0, 0.1) is 5.82 Å². The highest BCUT2D eigenvalue weighted by molar-refractivity contribution is 5.86. The molecule has 2 aromatic heterocycles. The van der Waals surface area contributed by atoms with Crippen LogP contribution in [-0.4, -0.2) is 67.3 Å². The number of carbonyl (C=O) groups excluding carboxylic acids is 1. The molecule has 1 amide bonds. The molecule has 3 aromatic rings. The summed E-state index contributed by atoms with van der Waals surface area (Å²) in [4.78, 5) is 31.5. The molecule has 34 heavy (non-hydrogen) atoms. The van der Waals surface area contributed by atoms with Gasteiger partial charge in [0.15, 0.2) is 5.69 Å². The molecule has 4 rings (SSSR count). The van der Waals surface area contributed by atoms with Crippen molar-refractivity contribution in [2.45, 2.75) is 33.4 Å². The Labute approximate surface area is 197 Å². The molecule has 0 bridgehead atoms. The van der Waals surface area contributed by atoms with Gasteiger partial charge in [0.05, 0.1) is 6.20 Å². The summed E-state index contributed by atoms with van der Waals surface area (Å²) in [6.45, 7) is 8.44. The molecule has 180 valence electrons. The van der Waals surface area contributed by atoms with Crippen molar-refractivity contribution in [2.75, 3.05) is 19.6 Å². The highest BCUT2D eigenvalue weighted by Crippen LogP contribution is 2.22. The summed E-state index contributed by atoms with van der Waals surface area (Å²) in [5.41, 5.74) is 0.873. The highest BCUT2D eigenvalue weighted by Gasteiger charge is 2.29. The number of benzene rings is 1. The Hall–Kier alpha value is -3.79. The van der Waals surface area contributed by atoms with Crippen LogP contribution < -0.4 is 4.74 Å². The summed E-state index contributed by atoms with van der Waals surface area (Å²) >= 11 is 0. The van der Waals surface area contributed by atoms with Crippen LogP contribution in [0.15, 0.2) is 54.9 Å². The molecule has 0 spiro atoms. The van der Waals surface area contributed by atoms with Crippen molar-refractivity contribution in [1.29, 1.82) is 0 Å². The van der Waals surface area contributed by atoms with Gasteiger partial charge >= 0.3 is 12.0 Å². The van der Waals surface area contributed by atoms with E-state index in [1.165, 1.54) is 24.4 Å². The lowest BCUT2D eigenvalue weighted by atomic mass is 10.1. The van der Waals surface area contributed by atoms with Gasteiger partial charge in [-0.15, -0.1) is 0 Å². The summed E-state index contributed by atoms with van der Waals surface area (Å²) in [5, 5.41) is 12.8. The number of pyridine rings is 1. The zero-order chi connectivity index (χ0) is 24.7. The van der Waals surface area contributed by atoms with Crippen LogP contribution in [-0.2, 0) is 6.54 Å². The number of hydrogen-bond acceptors (Lipinski definition) is 6. The number of halogens is 1. The third-order valence-electron chi connectivity index (χ3n) is 5.19. The van der Waals surface area contributed by atoms with E-state index in [9.17, 15) is 14.0 Å². The number of carbonyl (C=O) groups is 2. The summed E-state index contributed by atoms with van der Waals surface area (Å²) in [7, 11) is 0. The Bertz CT molecular complexity index is 1120. The van der Waals surface area contributed by atoms with Crippen LogP contribution in [0.25, 0.3) is 0 Å². The Balaban J connectivity index is 0.00000158. The first-order chi connectivity index (χ1) is 16.4. The van der Waals surface area contributed by atoms with E-state index in [2.05, 4.69) is 15.0 Å². The van der Waals surface area contributed by atoms with Crippen LogP contribution in [0.3, 0.4) is 0 Å². The Morgan fingerprint density at radius 1 is 1.18 bits per heavy atom. The molecule has 1 aliphatic rings. The first-order valence-electron chi connectivity index (χ1n) is 11.1. The molecule has 1 N–H and O–H groups in total. The van der Waals surface area contributed by atoms with E-state index in [1.807, 2.05) is 45.0 Å². The number of ether oxygens (including phenoxy) is 1. The predicted octanol–water partition coefficient (Wildman–Crippen LogP) is 4.11. The van der Waals surface area contributed by atoms with Gasteiger partial charge in [-0.1, -0.05) is 26.0 Å². The minimum atomic E-state index is -1.17. The van der Waals surface area contributed by atoms with E-state index in [-0.39, 0.29) is 17.8 Å².